The van der Waals surface area contributed by atoms with E-state index in [4.69, 9.17) is 28.9 Å². The number of nitrogens with two attached hydrogens (primary N) is 1. The van der Waals surface area contributed by atoms with E-state index in [0.717, 1.165) is 12.8 Å². The Balaban J connectivity index is 2.03. The molecule has 1 heterocycles. The molecule has 1 atom stereocenters. The first-order valence-corrected chi connectivity index (χ1v) is 8.00. The first-order valence-electron chi connectivity index (χ1n) is 7.25. The SMILES string of the molecule is NCCNC(=O)C1CCCN(C(=O)c2ccc(Cl)c(Cl)c2)C1. The second kappa shape index (κ2) is 7.81. The van der Waals surface area contributed by atoms with E-state index in [9.17, 15) is 9.59 Å². The van der Waals surface area contributed by atoms with Crippen LogP contribution in [-0.2, 0) is 4.79 Å². The standard InChI is InChI=1S/C15H19Cl2N3O2/c16-12-4-3-10(8-13(12)17)15(22)20-7-1-2-11(9-20)14(21)19-6-5-18/h3-4,8,11H,1-2,5-7,9,18H2,(H,19,21). The van der Waals surface area contributed by atoms with E-state index < -0.39 is 0 Å². The fourth-order valence-electron chi connectivity index (χ4n) is 2.53. The number of rotatable bonds is 4. The molecule has 1 aromatic carbocycles. The molecule has 120 valence electrons. The molecule has 1 aliphatic heterocycles. The van der Waals surface area contributed by atoms with Gasteiger partial charge in [0.1, 0.15) is 0 Å². The number of hydrogen-bond donors (Lipinski definition) is 2. The maximum atomic E-state index is 12.5. The zero-order valence-electron chi connectivity index (χ0n) is 12.1. The largest absolute Gasteiger partial charge is 0.355 e. The van der Waals surface area contributed by atoms with Gasteiger partial charge in [0, 0.05) is 31.7 Å². The van der Waals surface area contributed by atoms with Crippen LogP contribution in [-0.4, -0.2) is 42.9 Å². The number of nitrogens with zero attached hydrogens (tertiary/aromatic N) is 1. The number of amides is 2. The highest BCUT2D eigenvalue weighted by Crippen LogP contribution is 2.25. The molecule has 2 rings (SSSR count). The monoisotopic (exact) mass is 343 g/mol. The average molecular weight is 344 g/mol. The van der Waals surface area contributed by atoms with Crippen molar-refractivity contribution in [3.8, 4) is 0 Å². The van der Waals surface area contributed by atoms with E-state index in [1.54, 1.807) is 23.1 Å². The summed E-state index contributed by atoms with van der Waals surface area (Å²) in [6, 6.07) is 4.81. The molecule has 7 heteroatoms. The van der Waals surface area contributed by atoms with Crippen LogP contribution in [0.3, 0.4) is 0 Å². The lowest BCUT2D eigenvalue weighted by Crippen LogP contribution is -2.46. The predicted molar refractivity (Wildman–Crippen MR) is 87.2 cm³/mol. The molecule has 1 aromatic rings. The Morgan fingerprint density at radius 1 is 1.32 bits per heavy atom. The number of halogens is 2. The van der Waals surface area contributed by atoms with E-state index in [2.05, 4.69) is 5.32 Å². The van der Waals surface area contributed by atoms with Gasteiger partial charge in [-0.15, -0.1) is 0 Å². The third kappa shape index (κ3) is 4.12. The van der Waals surface area contributed by atoms with Crippen LogP contribution in [0, 0.1) is 5.92 Å². The summed E-state index contributed by atoms with van der Waals surface area (Å²) in [6.45, 7) is 1.91. The van der Waals surface area contributed by atoms with Gasteiger partial charge >= 0.3 is 0 Å². The lowest BCUT2D eigenvalue weighted by Gasteiger charge is -2.32. The van der Waals surface area contributed by atoms with Crippen molar-refractivity contribution in [2.75, 3.05) is 26.2 Å². The van der Waals surface area contributed by atoms with Crippen LogP contribution < -0.4 is 11.1 Å². The fraction of sp³-hybridized carbons (Fsp3) is 0.467. The molecule has 1 unspecified atom stereocenters. The topological polar surface area (TPSA) is 75.4 Å². The molecule has 0 radical (unpaired) electrons. The molecular weight excluding hydrogens is 325 g/mol. The summed E-state index contributed by atoms with van der Waals surface area (Å²) in [4.78, 5) is 26.2. The Morgan fingerprint density at radius 2 is 2.09 bits per heavy atom. The number of carbonyl (C=O) groups excluding carboxylic acids is 2. The van der Waals surface area contributed by atoms with Crippen LogP contribution in [0.5, 0.6) is 0 Å². The molecule has 2 amide bonds. The second-order valence-corrected chi connectivity index (χ2v) is 6.11. The maximum absolute atomic E-state index is 12.5. The normalized spacial score (nSPS) is 18.1. The number of carbonyl (C=O) groups is 2. The number of benzene rings is 1. The zero-order chi connectivity index (χ0) is 16.1. The van der Waals surface area contributed by atoms with Gasteiger partial charge in [0.25, 0.3) is 5.91 Å². The summed E-state index contributed by atoms with van der Waals surface area (Å²) in [5.41, 5.74) is 5.87. The summed E-state index contributed by atoms with van der Waals surface area (Å²) in [5, 5.41) is 3.54. The van der Waals surface area contributed by atoms with Crippen LogP contribution in [0.15, 0.2) is 18.2 Å². The van der Waals surface area contributed by atoms with Gasteiger partial charge < -0.3 is 16.0 Å². The minimum Gasteiger partial charge on any atom is -0.355 e. The number of likely N-dealkylation sites (tertiary alicyclic amines) is 1. The summed E-state index contributed by atoms with van der Waals surface area (Å²) in [6.07, 6.45) is 1.58. The van der Waals surface area contributed by atoms with Crippen LogP contribution in [0.1, 0.15) is 23.2 Å². The Kier molecular flexibility index (Phi) is 6.06. The van der Waals surface area contributed by atoms with E-state index in [1.807, 2.05) is 0 Å². The van der Waals surface area contributed by atoms with Crippen molar-refractivity contribution in [3.63, 3.8) is 0 Å². The smallest absolute Gasteiger partial charge is 0.253 e. The molecular formula is C15H19Cl2N3O2. The first-order chi connectivity index (χ1) is 10.5. The van der Waals surface area contributed by atoms with Crippen molar-refractivity contribution in [1.82, 2.24) is 10.2 Å². The van der Waals surface area contributed by atoms with Crippen molar-refractivity contribution < 1.29 is 9.59 Å². The van der Waals surface area contributed by atoms with Gasteiger partial charge in [0.05, 0.1) is 16.0 Å². The second-order valence-electron chi connectivity index (χ2n) is 5.30. The summed E-state index contributed by atoms with van der Waals surface area (Å²) in [7, 11) is 0. The first kappa shape index (κ1) is 17.1. The van der Waals surface area contributed by atoms with E-state index in [-0.39, 0.29) is 17.7 Å². The Bertz CT molecular complexity index is 566. The molecule has 0 bridgehead atoms. The van der Waals surface area contributed by atoms with Gasteiger partial charge in [-0.25, -0.2) is 0 Å². The number of hydrogen-bond acceptors (Lipinski definition) is 3. The molecule has 0 aliphatic carbocycles. The van der Waals surface area contributed by atoms with Crippen molar-refractivity contribution in [3.05, 3.63) is 33.8 Å². The summed E-state index contributed by atoms with van der Waals surface area (Å²) < 4.78 is 0. The Hall–Kier alpha value is -1.30. The molecule has 0 spiro atoms. The molecule has 1 fully saturated rings. The minimum absolute atomic E-state index is 0.0444. The number of piperidine rings is 1. The van der Waals surface area contributed by atoms with Crippen LogP contribution in [0.25, 0.3) is 0 Å². The van der Waals surface area contributed by atoms with Crippen molar-refractivity contribution in [2.24, 2.45) is 11.7 Å². The zero-order valence-corrected chi connectivity index (χ0v) is 13.7. The van der Waals surface area contributed by atoms with Crippen LogP contribution in [0.2, 0.25) is 10.0 Å². The third-order valence-electron chi connectivity index (χ3n) is 3.69. The van der Waals surface area contributed by atoms with Crippen LogP contribution in [0.4, 0.5) is 0 Å². The van der Waals surface area contributed by atoms with Crippen molar-refractivity contribution in [2.45, 2.75) is 12.8 Å². The lowest BCUT2D eigenvalue weighted by molar-refractivity contribution is -0.126. The van der Waals surface area contributed by atoms with Crippen molar-refractivity contribution in [1.29, 1.82) is 0 Å². The molecule has 0 saturated carbocycles. The lowest BCUT2D eigenvalue weighted by atomic mass is 9.96. The minimum atomic E-state index is -0.188. The molecule has 22 heavy (non-hydrogen) atoms. The molecule has 1 saturated heterocycles. The highest BCUT2D eigenvalue weighted by atomic mass is 35.5. The van der Waals surface area contributed by atoms with Gasteiger partial charge in [-0.1, -0.05) is 23.2 Å². The maximum Gasteiger partial charge on any atom is 0.253 e. The highest BCUT2D eigenvalue weighted by Gasteiger charge is 2.28. The van der Waals surface area contributed by atoms with E-state index in [0.29, 0.717) is 41.8 Å². The molecule has 3 N–H and O–H groups in total. The predicted octanol–water partition coefficient (Wildman–Crippen LogP) is 1.92. The average Bonchev–Trinajstić information content (AvgIpc) is 2.54. The summed E-state index contributed by atoms with van der Waals surface area (Å²) >= 11 is 11.8. The van der Waals surface area contributed by atoms with Crippen molar-refractivity contribution >= 4 is 35.0 Å². The Labute approximate surface area is 139 Å². The van der Waals surface area contributed by atoms with Crippen LogP contribution >= 0.6 is 23.2 Å². The Morgan fingerprint density at radius 3 is 2.77 bits per heavy atom. The van der Waals surface area contributed by atoms with Gasteiger partial charge in [-0.2, -0.15) is 0 Å². The summed E-state index contributed by atoms with van der Waals surface area (Å²) in [5.74, 6) is -0.362. The van der Waals surface area contributed by atoms with E-state index in [1.165, 1.54) is 0 Å². The quantitative estimate of drug-likeness (QED) is 0.876. The highest BCUT2D eigenvalue weighted by molar-refractivity contribution is 6.42. The molecule has 5 nitrogen and oxygen atoms in total. The van der Waals surface area contributed by atoms with Gasteiger partial charge in [-0.05, 0) is 31.0 Å². The van der Waals surface area contributed by atoms with Gasteiger partial charge in [0.2, 0.25) is 5.91 Å². The fourth-order valence-corrected chi connectivity index (χ4v) is 2.83. The molecule has 1 aliphatic rings. The third-order valence-corrected chi connectivity index (χ3v) is 4.43. The van der Waals surface area contributed by atoms with E-state index >= 15 is 0 Å². The van der Waals surface area contributed by atoms with Gasteiger partial charge in [-0.3, -0.25) is 9.59 Å². The molecule has 0 aromatic heterocycles. The number of nitrogens with one attached hydrogen (secondary N) is 1. The van der Waals surface area contributed by atoms with Gasteiger partial charge in [0.15, 0.2) is 0 Å².